The average Bonchev–Trinajstić information content (AvgIpc) is 2.30. The van der Waals surface area contributed by atoms with Crippen molar-refractivity contribution >= 4 is 0 Å². The van der Waals surface area contributed by atoms with E-state index in [4.69, 9.17) is 0 Å². The highest BCUT2D eigenvalue weighted by molar-refractivity contribution is 5.23. The lowest BCUT2D eigenvalue weighted by Crippen LogP contribution is -2.24. The maximum atomic E-state index is 9.48. The van der Waals surface area contributed by atoms with Gasteiger partial charge in [0, 0.05) is 6.61 Å². The van der Waals surface area contributed by atoms with Gasteiger partial charge in [0.05, 0.1) is 0 Å². The standard InChI is InChI=1S/C15H24O/c1-4-10-15(3,12-16)11-14-8-6-13(5-2)7-9-14/h6-9,16H,4-5,10-12H2,1-3H3. The van der Waals surface area contributed by atoms with Crippen LogP contribution >= 0.6 is 0 Å². The van der Waals surface area contributed by atoms with Crippen molar-refractivity contribution in [3.05, 3.63) is 35.4 Å². The zero-order valence-corrected chi connectivity index (χ0v) is 10.8. The SMILES string of the molecule is CCCC(C)(CO)Cc1ccc(CC)cc1. The highest BCUT2D eigenvalue weighted by Crippen LogP contribution is 2.27. The normalized spacial score (nSPS) is 14.8. The number of aryl methyl sites for hydroxylation is 1. The van der Waals surface area contributed by atoms with Gasteiger partial charge < -0.3 is 5.11 Å². The molecule has 1 N–H and O–H groups in total. The van der Waals surface area contributed by atoms with Crippen molar-refractivity contribution in [3.8, 4) is 0 Å². The van der Waals surface area contributed by atoms with Gasteiger partial charge in [-0.3, -0.25) is 0 Å². The van der Waals surface area contributed by atoms with Crippen LogP contribution in [0.1, 0.15) is 44.7 Å². The molecule has 0 heterocycles. The Kier molecular flexibility index (Phi) is 5.01. The van der Waals surface area contributed by atoms with Crippen molar-refractivity contribution in [1.29, 1.82) is 0 Å². The summed E-state index contributed by atoms with van der Waals surface area (Å²) in [5.41, 5.74) is 2.76. The third kappa shape index (κ3) is 3.64. The molecule has 0 aliphatic carbocycles. The molecule has 0 bridgehead atoms. The summed E-state index contributed by atoms with van der Waals surface area (Å²) in [7, 11) is 0. The van der Waals surface area contributed by atoms with Gasteiger partial charge in [-0.25, -0.2) is 0 Å². The second-order valence-electron chi connectivity index (χ2n) is 5.07. The number of rotatable bonds is 6. The van der Waals surface area contributed by atoms with Crippen LogP contribution in [0.4, 0.5) is 0 Å². The lowest BCUT2D eigenvalue weighted by molar-refractivity contribution is 0.131. The molecular formula is C15H24O. The van der Waals surface area contributed by atoms with E-state index in [0.717, 1.165) is 25.7 Å². The maximum absolute atomic E-state index is 9.48. The zero-order valence-electron chi connectivity index (χ0n) is 10.8. The van der Waals surface area contributed by atoms with Gasteiger partial charge in [-0.15, -0.1) is 0 Å². The number of aliphatic hydroxyl groups is 1. The molecule has 1 nitrogen and oxygen atoms in total. The van der Waals surface area contributed by atoms with Crippen LogP contribution in [-0.2, 0) is 12.8 Å². The molecule has 0 saturated heterocycles. The molecule has 1 atom stereocenters. The lowest BCUT2D eigenvalue weighted by Gasteiger charge is -2.27. The number of aliphatic hydroxyl groups excluding tert-OH is 1. The van der Waals surface area contributed by atoms with Crippen molar-refractivity contribution in [2.24, 2.45) is 5.41 Å². The van der Waals surface area contributed by atoms with Crippen molar-refractivity contribution < 1.29 is 5.11 Å². The summed E-state index contributed by atoms with van der Waals surface area (Å²) < 4.78 is 0. The maximum Gasteiger partial charge on any atom is 0.0487 e. The van der Waals surface area contributed by atoms with Gasteiger partial charge in [-0.1, -0.05) is 51.5 Å². The monoisotopic (exact) mass is 220 g/mol. The van der Waals surface area contributed by atoms with Gasteiger partial charge in [0.1, 0.15) is 0 Å². The van der Waals surface area contributed by atoms with E-state index >= 15 is 0 Å². The molecule has 1 aromatic carbocycles. The lowest BCUT2D eigenvalue weighted by atomic mass is 9.80. The van der Waals surface area contributed by atoms with E-state index in [-0.39, 0.29) is 12.0 Å². The highest BCUT2D eigenvalue weighted by Gasteiger charge is 2.22. The zero-order chi connectivity index (χ0) is 12.0. The smallest absolute Gasteiger partial charge is 0.0487 e. The number of hydrogen-bond acceptors (Lipinski definition) is 1. The first-order valence-electron chi connectivity index (χ1n) is 6.32. The van der Waals surface area contributed by atoms with Crippen molar-refractivity contribution in [2.75, 3.05) is 6.61 Å². The third-order valence-electron chi connectivity index (χ3n) is 3.30. The number of benzene rings is 1. The fourth-order valence-electron chi connectivity index (χ4n) is 2.21. The molecule has 0 aliphatic rings. The van der Waals surface area contributed by atoms with E-state index in [1.807, 2.05) is 0 Å². The predicted octanol–water partition coefficient (Wildman–Crippen LogP) is 3.59. The summed E-state index contributed by atoms with van der Waals surface area (Å²) in [4.78, 5) is 0. The van der Waals surface area contributed by atoms with Gasteiger partial charge in [0.15, 0.2) is 0 Å². The van der Waals surface area contributed by atoms with Crippen molar-refractivity contribution in [2.45, 2.75) is 46.5 Å². The topological polar surface area (TPSA) is 20.2 Å². The van der Waals surface area contributed by atoms with Gasteiger partial charge in [-0.05, 0) is 35.8 Å². The van der Waals surface area contributed by atoms with Crippen LogP contribution in [0.15, 0.2) is 24.3 Å². The Morgan fingerprint density at radius 2 is 1.62 bits per heavy atom. The Balaban J connectivity index is 2.70. The van der Waals surface area contributed by atoms with Crippen LogP contribution in [0.25, 0.3) is 0 Å². The summed E-state index contributed by atoms with van der Waals surface area (Å²) >= 11 is 0. The van der Waals surface area contributed by atoms with Gasteiger partial charge >= 0.3 is 0 Å². The molecule has 1 rings (SSSR count). The van der Waals surface area contributed by atoms with E-state index in [2.05, 4.69) is 45.0 Å². The Labute approximate surface area is 99.5 Å². The van der Waals surface area contributed by atoms with Crippen molar-refractivity contribution in [3.63, 3.8) is 0 Å². The first kappa shape index (κ1) is 13.2. The van der Waals surface area contributed by atoms with Crippen LogP contribution in [0.2, 0.25) is 0 Å². The molecule has 0 radical (unpaired) electrons. The molecule has 0 aromatic heterocycles. The van der Waals surface area contributed by atoms with E-state index in [1.54, 1.807) is 0 Å². The Bertz CT molecular complexity index is 302. The fourth-order valence-corrected chi connectivity index (χ4v) is 2.21. The molecule has 1 unspecified atom stereocenters. The van der Waals surface area contributed by atoms with Crippen LogP contribution < -0.4 is 0 Å². The molecule has 16 heavy (non-hydrogen) atoms. The molecule has 1 heteroatoms. The van der Waals surface area contributed by atoms with Crippen LogP contribution in [0, 0.1) is 5.41 Å². The predicted molar refractivity (Wildman–Crippen MR) is 69.6 cm³/mol. The second-order valence-corrected chi connectivity index (χ2v) is 5.07. The van der Waals surface area contributed by atoms with Crippen LogP contribution in [-0.4, -0.2) is 11.7 Å². The third-order valence-corrected chi connectivity index (χ3v) is 3.30. The van der Waals surface area contributed by atoms with E-state index in [1.165, 1.54) is 11.1 Å². The Morgan fingerprint density at radius 3 is 2.06 bits per heavy atom. The Morgan fingerprint density at radius 1 is 1.06 bits per heavy atom. The average molecular weight is 220 g/mol. The second kappa shape index (κ2) is 6.05. The summed E-state index contributed by atoms with van der Waals surface area (Å²) in [6.07, 6.45) is 4.27. The van der Waals surface area contributed by atoms with Gasteiger partial charge in [0.2, 0.25) is 0 Å². The van der Waals surface area contributed by atoms with E-state index in [9.17, 15) is 5.11 Å². The molecule has 0 saturated carbocycles. The van der Waals surface area contributed by atoms with Crippen molar-refractivity contribution in [1.82, 2.24) is 0 Å². The molecule has 0 aliphatic heterocycles. The summed E-state index contributed by atoms with van der Waals surface area (Å²) in [6, 6.07) is 8.78. The summed E-state index contributed by atoms with van der Waals surface area (Å²) in [5.74, 6) is 0. The molecule has 0 amide bonds. The fraction of sp³-hybridized carbons (Fsp3) is 0.600. The molecule has 0 fully saturated rings. The highest BCUT2D eigenvalue weighted by atomic mass is 16.3. The summed E-state index contributed by atoms with van der Waals surface area (Å²) in [6.45, 7) is 6.79. The number of hydrogen-bond donors (Lipinski definition) is 1. The molecule has 90 valence electrons. The van der Waals surface area contributed by atoms with E-state index < -0.39 is 0 Å². The largest absolute Gasteiger partial charge is 0.396 e. The molecule has 0 spiro atoms. The first-order valence-corrected chi connectivity index (χ1v) is 6.32. The van der Waals surface area contributed by atoms with Crippen LogP contribution in [0.3, 0.4) is 0 Å². The Hall–Kier alpha value is -0.820. The minimum atomic E-state index is 0.0441. The minimum Gasteiger partial charge on any atom is -0.396 e. The minimum absolute atomic E-state index is 0.0441. The summed E-state index contributed by atoms with van der Waals surface area (Å²) in [5, 5.41) is 9.48. The first-order chi connectivity index (χ1) is 7.63. The molecule has 1 aromatic rings. The quantitative estimate of drug-likeness (QED) is 0.776. The van der Waals surface area contributed by atoms with Gasteiger partial charge in [-0.2, -0.15) is 0 Å². The molecular weight excluding hydrogens is 196 g/mol. The van der Waals surface area contributed by atoms with Crippen LogP contribution in [0.5, 0.6) is 0 Å². The van der Waals surface area contributed by atoms with Gasteiger partial charge in [0.25, 0.3) is 0 Å². The van der Waals surface area contributed by atoms with E-state index in [0.29, 0.717) is 0 Å².